The van der Waals surface area contributed by atoms with Crippen molar-refractivity contribution in [2.75, 3.05) is 7.05 Å². The van der Waals surface area contributed by atoms with Gasteiger partial charge in [0.05, 0.1) is 0 Å². The van der Waals surface area contributed by atoms with Crippen molar-refractivity contribution >= 4 is 5.91 Å². The highest BCUT2D eigenvalue weighted by molar-refractivity contribution is 5.98. The van der Waals surface area contributed by atoms with Gasteiger partial charge in [-0.25, -0.2) is 9.97 Å². The highest BCUT2D eigenvalue weighted by Gasteiger charge is 2.24. The molecule has 2 aliphatic rings. The quantitative estimate of drug-likeness (QED) is 0.806. The van der Waals surface area contributed by atoms with Crippen LogP contribution in [0, 0.1) is 0 Å². The first kappa shape index (κ1) is 12.5. The number of benzene rings is 1. The Kier molecular flexibility index (Phi) is 2.77. The lowest BCUT2D eigenvalue weighted by molar-refractivity contribution is 0.0816. The molecule has 21 heavy (non-hydrogen) atoms. The van der Waals surface area contributed by atoms with Crippen LogP contribution in [-0.4, -0.2) is 27.8 Å². The molecule has 0 saturated heterocycles. The summed E-state index contributed by atoms with van der Waals surface area (Å²) in [6.45, 7) is 0.674. The Morgan fingerprint density at radius 1 is 1.14 bits per heavy atom. The van der Waals surface area contributed by atoms with Crippen LogP contribution in [0.2, 0.25) is 0 Å². The molecule has 0 atom stereocenters. The standard InChI is InChI=1S/C17H17N3O/c1-20-10-13-8-11(6-7-14(13)17(20)21)16-18-9-12-4-2-3-5-15(12)19-16/h6-9H,2-5,10H2,1H3. The lowest BCUT2D eigenvalue weighted by Gasteiger charge is -2.14. The molecular weight excluding hydrogens is 262 g/mol. The Bertz CT molecular complexity index is 739. The molecule has 1 aromatic carbocycles. The molecule has 0 saturated carbocycles. The molecule has 2 heterocycles. The van der Waals surface area contributed by atoms with Crippen molar-refractivity contribution in [3.05, 3.63) is 46.8 Å². The minimum absolute atomic E-state index is 0.0999. The summed E-state index contributed by atoms with van der Waals surface area (Å²) in [6.07, 6.45) is 6.58. The second-order valence-corrected chi connectivity index (χ2v) is 5.91. The Morgan fingerprint density at radius 2 is 2.00 bits per heavy atom. The van der Waals surface area contributed by atoms with Crippen LogP contribution >= 0.6 is 0 Å². The van der Waals surface area contributed by atoms with Gasteiger partial charge in [-0.2, -0.15) is 0 Å². The molecule has 2 aromatic rings. The van der Waals surface area contributed by atoms with E-state index >= 15 is 0 Å². The average Bonchev–Trinajstić information content (AvgIpc) is 2.81. The Labute approximate surface area is 123 Å². The summed E-state index contributed by atoms with van der Waals surface area (Å²) >= 11 is 0. The van der Waals surface area contributed by atoms with Crippen molar-refractivity contribution in [2.24, 2.45) is 0 Å². The van der Waals surface area contributed by atoms with Crippen LogP contribution in [0.3, 0.4) is 0 Å². The maximum absolute atomic E-state index is 11.9. The van der Waals surface area contributed by atoms with E-state index in [9.17, 15) is 4.79 Å². The van der Waals surface area contributed by atoms with Crippen LogP contribution < -0.4 is 0 Å². The molecule has 1 aliphatic carbocycles. The molecule has 0 fully saturated rings. The Hall–Kier alpha value is -2.23. The molecule has 1 aliphatic heterocycles. The minimum Gasteiger partial charge on any atom is -0.337 e. The van der Waals surface area contributed by atoms with Crippen molar-refractivity contribution in [2.45, 2.75) is 32.2 Å². The molecule has 0 bridgehead atoms. The Morgan fingerprint density at radius 3 is 2.90 bits per heavy atom. The van der Waals surface area contributed by atoms with Crippen LogP contribution in [0.15, 0.2) is 24.4 Å². The smallest absolute Gasteiger partial charge is 0.254 e. The van der Waals surface area contributed by atoms with Gasteiger partial charge < -0.3 is 4.90 Å². The predicted molar refractivity (Wildman–Crippen MR) is 79.9 cm³/mol. The third-order valence-electron chi connectivity index (χ3n) is 4.41. The number of nitrogens with zero attached hydrogens (tertiary/aromatic N) is 3. The zero-order valence-electron chi connectivity index (χ0n) is 12.1. The van der Waals surface area contributed by atoms with E-state index in [1.54, 1.807) is 4.90 Å². The number of aromatic nitrogens is 2. The van der Waals surface area contributed by atoms with E-state index in [2.05, 4.69) is 11.1 Å². The van der Waals surface area contributed by atoms with Crippen LogP contribution in [-0.2, 0) is 19.4 Å². The van der Waals surface area contributed by atoms with Crippen LogP contribution in [0.5, 0.6) is 0 Å². The summed E-state index contributed by atoms with van der Waals surface area (Å²) < 4.78 is 0. The molecule has 0 radical (unpaired) electrons. The molecule has 106 valence electrons. The number of aryl methyl sites for hydroxylation is 2. The normalized spacial score (nSPS) is 16.8. The maximum Gasteiger partial charge on any atom is 0.254 e. The summed E-state index contributed by atoms with van der Waals surface area (Å²) in [5, 5.41) is 0. The SMILES string of the molecule is CN1Cc2cc(-c3ncc4c(n3)CCCC4)ccc2C1=O. The minimum atomic E-state index is 0.0999. The van der Waals surface area contributed by atoms with Gasteiger partial charge >= 0.3 is 0 Å². The summed E-state index contributed by atoms with van der Waals surface area (Å²) in [7, 11) is 1.83. The van der Waals surface area contributed by atoms with Crippen LogP contribution in [0.4, 0.5) is 0 Å². The molecule has 0 spiro atoms. The third-order valence-corrected chi connectivity index (χ3v) is 4.41. The van der Waals surface area contributed by atoms with Crippen molar-refractivity contribution in [3.8, 4) is 11.4 Å². The highest BCUT2D eigenvalue weighted by Crippen LogP contribution is 2.27. The first-order valence-electron chi connectivity index (χ1n) is 7.46. The molecule has 1 aromatic heterocycles. The molecule has 0 N–H and O–H groups in total. The fourth-order valence-electron chi connectivity index (χ4n) is 3.22. The molecule has 4 nitrogen and oxygen atoms in total. The fraction of sp³-hybridized carbons (Fsp3) is 0.353. The summed E-state index contributed by atoms with van der Waals surface area (Å²) in [5.41, 5.74) is 5.37. The highest BCUT2D eigenvalue weighted by atomic mass is 16.2. The summed E-state index contributed by atoms with van der Waals surface area (Å²) in [4.78, 5) is 22.9. The topological polar surface area (TPSA) is 46.1 Å². The predicted octanol–water partition coefficient (Wildman–Crippen LogP) is 2.61. The van der Waals surface area contributed by atoms with Gasteiger partial charge in [0, 0.05) is 36.6 Å². The molecule has 4 heteroatoms. The van der Waals surface area contributed by atoms with Gasteiger partial charge in [0.25, 0.3) is 5.91 Å². The number of hydrogen-bond acceptors (Lipinski definition) is 3. The third kappa shape index (κ3) is 2.02. The number of carbonyl (C=O) groups is 1. The lowest BCUT2D eigenvalue weighted by Crippen LogP contribution is -2.17. The van der Waals surface area contributed by atoms with E-state index in [1.807, 2.05) is 25.4 Å². The van der Waals surface area contributed by atoms with E-state index in [4.69, 9.17) is 4.98 Å². The average molecular weight is 279 g/mol. The van der Waals surface area contributed by atoms with Crippen molar-refractivity contribution < 1.29 is 4.79 Å². The number of fused-ring (bicyclic) bond motifs is 2. The summed E-state index contributed by atoms with van der Waals surface area (Å²) in [5.74, 6) is 0.878. The van der Waals surface area contributed by atoms with Gasteiger partial charge in [0.1, 0.15) is 0 Å². The zero-order chi connectivity index (χ0) is 14.4. The van der Waals surface area contributed by atoms with Gasteiger partial charge in [-0.05, 0) is 48.9 Å². The van der Waals surface area contributed by atoms with Gasteiger partial charge in [0.15, 0.2) is 5.82 Å². The molecule has 0 unspecified atom stereocenters. The van der Waals surface area contributed by atoms with Crippen LogP contribution in [0.1, 0.15) is 40.0 Å². The number of amides is 1. The number of carbonyl (C=O) groups excluding carboxylic acids is 1. The molecule has 1 amide bonds. The van der Waals surface area contributed by atoms with Crippen LogP contribution in [0.25, 0.3) is 11.4 Å². The second-order valence-electron chi connectivity index (χ2n) is 5.91. The van der Waals surface area contributed by atoms with E-state index < -0.39 is 0 Å². The zero-order valence-corrected chi connectivity index (χ0v) is 12.1. The van der Waals surface area contributed by atoms with Crippen molar-refractivity contribution in [1.29, 1.82) is 0 Å². The second kappa shape index (κ2) is 4.65. The van der Waals surface area contributed by atoms with E-state index in [0.717, 1.165) is 35.4 Å². The lowest BCUT2D eigenvalue weighted by atomic mass is 9.97. The first-order chi connectivity index (χ1) is 10.2. The van der Waals surface area contributed by atoms with Gasteiger partial charge in [-0.3, -0.25) is 4.79 Å². The van der Waals surface area contributed by atoms with Crippen molar-refractivity contribution in [3.63, 3.8) is 0 Å². The first-order valence-corrected chi connectivity index (χ1v) is 7.46. The monoisotopic (exact) mass is 279 g/mol. The number of hydrogen-bond donors (Lipinski definition) is 0. The number of rotatable bonds is 1. The van der Waals surface area contributed by atoms with Gasteiger partial charge in [-0.15, -0.1) is 0 Å². The van der Waals surface area contributed by atoms with E-state index in [0.29, 0.717) is 6.54 Å². The van der Waals surface area contributed by atoms with Crippen molar-refractivity contribution in [1.82, 2.24) is 14.9 Å². The Balaban J connectivity index is 1.75. The van der Waals surface area contributed by atoms with Gasteiger partial charge in [0.2, 0.25) is 0 Å². The van der Waals surface area contributed by atoms with Gasteiger partial charge in [-0.1, -0.05) is 6.07 Å². The largest absolute Gasteiger partial charge is 0.337 e. The summed E-state index contributed by atoms with van der Waals surface area (Å²) in [6, 6.07) is 5.92. The maximum atomic E-state index is 11.9. The molecule has 4 rings (SSSR count). The van der Waals surface area contributed by atoms with E-state index in [-0.39, 0.29) is 5.91 Å². The molecular formula is C17H17N3O. The fourth-order valence-corrected chi connectivity index (χ4v) is 3.22. The van der Waals surface area contributed by atoms with E-state index in [1.165, 1.54) is 24.1 Å².